The predicted octanol–water partition coefficient (Wildman–Crippen LogP) is 4.27. The van der Waals surface area contributed by atoms with Gasteiger partial charge in [-0.25, -0.2) is 4.39 Å². The van der Waals surface area contributed by atoms with Gasteiger partial charge in [-0.15, -0.1) is 0 Å². The second-order valence-corrected chi connectivity index (χ2v) is 6.17. The third-order valence-corrected chi connectivity index (χ3v) is 4.08. The van der Waals surface area contributed by atoms with Crippen molar-refractivity contribution in [3.05, 3.63) is 100.0 Å². The lowest BCUT2D eigenvalue weighted by atomic mass is 10.1. The first-order valence-electron chi connectivity index (χ1n) is 8.90. The number of ether oxygens (including phenoxy) is 3. The van der Waals surface area contributed by atoms with Crippen molar-refractivity contribution >= 4 is 5.97 Å². The molecule has 0 radical (unpaired) electrons. The van der Waals surface area contributed by atoms with Gasteiger partial charge in [0.1, 0.15) is 6.61 Å². The molecule has 0 heterocycles. The normalized spacial score (nSPS) is 10.3. The molecule has 0 aliphatic heterocycles. The number of carbonyl (C=O) groups is 1. The van der Waals surface area contributed by atoms with E-state index in [1.807, 2.05) is 30.3 Å². The minimum atomic E-state index is -0.691. The van der Waals surface area contributed by atoms with Crippen LogP contribution in [0, 0.1) is 5.82 Å². The average Bonchev–Trinajstić information content (AvgIpc) is 2.90. The van der Waals surface area contributed by atoms with E-state index in [2.05, 4.69) is 4.74 Å². The van der Waals surface area contributed by atoms with Crippen LogP contribution in [0.2, 0.25) is 0 Å². The Hall–Kier alpha value is -3.67. The number of esters is 1. The first kappa shape index (κ1) is 20.1. The van der Waals surface area contributed by atoms with Crippen LogP contribution in [0.5, 0.6) is 17.2 Å². The zero-order valence-corrected chi connectivity index (χ0v) is 15.8. The summed E-state index contributed by atoms with van der Waals surface area (Å²) in [4.78, 5) is 24.0. The van der Waals surface area contributed by atoms with E-state index < -0.39 is 17.2 Å². The topological polar surface area (TPSA) is 61.8 Å². The molecular weight excluding hydrogens is 375 g/mol. The van der Waals surface area contributed by atoms with E-state index >= 15 is 0 Å². The highest BCUT2D eigenvalue weighted by Gasteiger charge is 2.12. The molecule has 0 saturated heterocycles. The molecule has 0 saturated carbocycles. The molecule has 3 aromatic rings. The summed E-state index contributed by atoms with van der Waals surface area (Å²) in [6.07, 6.45) is -0.0573. The van der Waals surface area contributed by atoms with Crippen LogP contribution in [0.15, 0.2) is 77.6 Å². The SMILES string of the molecule is COC(=O)Cc1ccc(Oc2ccccc(OCc3ccccc3)c2=O)c(F)c1. The van der Waals surface area contributed by atoms with Crippen molar-refractivity contribution in [1.82, 2.24) is 0 Å². The minimum absolute atomic E-state index is 0.0573. The lowest BCUT2D eigenvalue weighted by Crippen LogP contribution is -2.08. The van der Waals surface area contributed by atoms with Crippen LogP contribution in [-0.2, 0) is 22.6 Å². The molecule has 3 rings (SSSR count). The molecule has 0 aliphatic rings. The average molecular weight is 394 g/mol. The Morgan fingerprint density at radius 1 is 0.862 bits per heavy atom. The third kappa shape index (κ3) is 5.42. The maximum absolute atomic E-state index is 14.4. The van der Waals surface area contributed by atoms with Gasteiger partial charge in [0.05, 0.1) is 13.5 Å². The summed E-state index contributed by atoms with van der Waals surface area (Å²) in [5, 5.41) is 0. The van der Waals surface area contributed by atoms with Gasteiger partial charge >= 0.3 is 5.97 Å². The zero-order valence-electron chi connectivity index (χ0n) is 15.8. The summed E-state index contributed by atoms with van der Waals surface area (Å²) in [7, 11) is 1.26. The minimum Gasteiger partial charge on any atom is -0.485 e. The highest BCUT2D eigenvalue weighted by atomic mass is 19.1. The summed E-state index contributed by atoms with van der Waals surface area (Å²) in [6, 6.07) is 19.7. The van der Waals surface area contributed by atoms with Crippen molar-refractivity contribution in [3.8, 4) is 17.2 Å². The Labute approximate surface area is 167 Å². The summed E-state index contributed by atoms with van der Waals surface area (Å²) >= 11 is 0. The van der Waals surface area contributed by atoms with Crippen molar-refractivity contribution < 1.29 is 23.4 Å². The summed E-state index contributed by atoms with van der Waals surface area (Å²) < 4.78 is 30.1. The van der Waals surface area contributed by atoms with Crippen molar-refractivity contribution in [2.24, 2.45) is 0 Å². The molecule has 29 heavy (non-hydrogen) atoms. The summed E-state index contributed by atoms with van der Waals surface area (Å²) in [5.41, 5.74) is 0.853. The monoisotopic (exact) mass is 394 g/mol. The standard InChI is InChI=1S/C23H19FO5/c1-27-22(25)14-17-11-12-19(18(24)13-17)29-21-10-6-5-9-20(23(21)26)28-15-16-7-3-2-4-8-16/h2-13H,14-15H2,1H3. The van der Waals surface area contributed by atoms with Crippen LogP contribution >= 0.6 is 0 Å². The number of methoxy groups -OCH3 is 1. The Morgan fingerprint density at radius 2 is 1.55 bits per heavy atom. The highest BCUT2D eigenvalue weighted by Crippen LogP contribution is 2.24. The number of benzene rings is 2. The van der Waals surface area contributed by atoms with E-state index in [4.69, 9.17) is 9.47 Å². The maximum Gasteiger partial charge on any atom is 0.309 e. The van der Waals surface area contributed by atoms with Crippen molar-refractivity contribution in [2.75, 3.05) is 7.11 Å². The molecule has 6 heteroatoms. The molecule has 5 nitrogen and oxygen atoms in total. The first-order chi connectivity index (χ1) is 14.1. The first-order valence-corrected chi connectivity index (χ1v) is 8.90. The molecule has 0 aliphatic carbocycles. The van der Waals surface area contributed by atoms with E-state index in [1.165, 1.54) is 37.4 Å². The fourth-order valence-electron chi connectivity index (χ4n) is 2.58. The molecule has 0 N–H and O–H groups in total. The molecule has 0 aromatic heterocycles. The van der Waals surface area contributed by atoms with Gasteiger partial charge in [-0.05, 0) is 35.4 Å². The molecule has 0 unspecified atom stereocenters. The van der Waals surface area contributed by atoms with Crippen LogP contribution < -0.4 is 14.9 Å². The number of hydrogen-bond acceptors (Lipinski definition) is 5. The van der Waals surface area contributed by atoms with E-state index in [0.29, 0.717) is 5.56 Å². The van der Waals surface area contributed by atoms with Gasteiger partial charge in [-0.3, -0.25) is 9.59 Å². The van der Waals surface area contributed by atoms with E-state index in [9.17, 15) is 14.0 Å². The van der Waals surface area contributed by atoms with E-state index in [1.54, 1.807) is 12.1 Å². The summed E-state index contributed by atoms with van der Waals surface area (Å²) in [6.45, 7) is 0.218. The van der Waals surface area contributed by atoms with E-state index in [-0.39, 0.29) is 30.3 Å². The largest absolute Gasteiger partial charge is 0.485 e. The number of hydrogen-bond donors (Lipinski definition) is 0. The Kier molecular flexibility index (Phi) is 6.58. The molecular formula is C23H19FO5. The van der Waals surface area contributed by atoms with Crippen LogP contribution in [-0.4, -0.2) is 13.1 Å². The number of rotatable bonds is 7. The van der Waals surface area contributed by atoms with Crippen molar-refractivity contribution in [2.45, 2.75) is 13.0 Å². The van der Waals surface area contributed by atoms with Gasteiger partial charge in [0.25, 0.3) is 5.43 Å². The number of carbonyl (C=O) groups excluding carboxylic acids is 1. The summed E-state index contributed by atoms with van der Waals surface area (Å²) in [5.74, 6) is -1.27. The predicted molar refractivity (Wildman–Crippen MR) is 106 cm³/mol. The Balaban J connectivity index is 1.80. The molecule has 0 bridgehead atoms. The van der Waals surface area contributed by atoms with Gasteiger partial charge in [-0.2, -0.15) is 0 Å². The fourth-order valence-corrected chi connectivity index (χ4v) is 2.58. The molecule has 0 spiro atoms. The highest BCUT2D eigenvalue weighted by molar-refractivity contribution is 5.72. The Morgan fingerprint density at radius 3 is 2.24 bits per heavy atom. The van der Waals surface area contributed by atoms with E-state index in [0.717, 1.165) is 5.56 Å². The van der Waals surface area contributed by atoms with Crippen molar-refractivity contribution in [1.29, 1.82) is 0 Å². The number of halogens is 1. The fraction of sp³-hybridized carbons (Fsp3) is 0.130. The van der Waals surface area contributed by atoms with Crippen LogP contribution in [0.4, 0.5) is 4.39 Å². The Bertz CT molecular complexity index is 1050. The smallest absolute Gasteiger partial charge is 0.309 e. The van der Waals surface area contributed by atoms with Gasteiger partial charge in [0, 0.05) is 0 Å². The quantitative estimate of drug-likeness (QED) is 0.560. The maximum atomic E-state index is 14.4. The lowest BCUT2D eigenvalue weighted by molar-refractivity contribution is -0.139. The second kappa shape index (κ2) is 9.50. The van der Waals surface area contributed by atoms with Crippen LogP contribution in [0.1, 0.15) is 11.1 Å². The third-order valence-electron chi connectivity index (χ3n) is 4.08. The molecule has 3 aromatic carbocycles. The van der Waals surface area contributed by atoms with Gasteiger partial charge in [0.2, 0.25) is 0 Å². The molecule has 148 valence electrons. The zero-order chi connectivity index (χ0) is 20.6. The van der Waals surface area contributed by atoms with Gasteiger partial charge < -0.3 is 14.2 Å². The van der Waals surface area contributed by atoms with Crippen molar-refractivity contribution in [3.63, 3.8) is 0 Å². The molecule has 0 amide bonds. The molecule has 0 atom stereocenters. The van der Waals surface area contributed by atoms with Gasteiger partial charge in [-0.1, -0.05) is 48.5 Å². The van der Waals surface area contributed by atoms with Crippen LogP contribution in [0.3, 0.4) is 0 Å². The lowest BCUT2D eigenvalue weighted by Gasteiger charge is -2.08. The molecule has 0 fully saturated rings. The second-order valence-electron chi connectivity index (χ2n) is 6.17. The van der Waals surface area contributed by atoms with Gasteiger partial charge in [0.15, 0.2) is 23.1 Å². The van der Waals surface area contributed by atoms with Crippen LogP contribution in [0.25, 0.3) is 0 Å².